The highest BCUT2D eigenvalue weighted by atomic mass is 32.1. The van der Waals surface area contributed by atoms with E-state index in [0.29, 0.717) is 21.5 Å². The number of nitrogens with one attached hydrogen (secondary N) is 1. The number of nitrogen functional groups attached to an aromatic ring is 2. The van der Waals surface area contributed by atoms with Gasteiger partial charge in [0, 0.05) is 35.4 Å². The summed E-state index contributed by atoms with van der Waals surface area (Å²) < 4.78 is 5.24. The summed E-state index contributed by atoms with van der Waals surface area (Å²) >= 11 is 0.949. The molecule has 0 aliphatic heterocycles. The average Bonchev–Trinajstić information content (AvgIpc) is 3.07. The molecule has 0 radical (unpaired) electrons. The van der Waals surface area contributed by atoms with E-state index in [1.807, 2.05) is 6.07 Å². The number of benzene rings is 1. The molecule has 0 fully saturated rings. The van der Waals surface area contributed by atoms with E-state index in [4.69, 9.17) is 27.7 Å². The number of methoxy groups -OCH3 is 1. The lowest BCUT2D eigenvalue weighted by molar-refractivity contribution is -0.122. The number of hydrogen-bond acceptors (Lipinski definition) is 9. The fraction of sp³-hybridized carbons (Fsp3) is 0.150. The quantitative estimate of drug-likeness (QED) is 0.351. The van der Waals surface area contributed by atoms with E-state index in [-0.39, 0.29) is 46.0 Å². The molecule has 12 heteroatoms. The zero-order chi connectivity index (χ0) is 23.6. The Morgan fingerprint density at radius 2 is 1.94 bits per heavy atom. The summed E-state index contributed by atoms with van der Waals surface area (Å²) in [6.45, 7) is 0. The molecule has 3 amide bonds. The molecule has 0 aliphatic carbocycles. The first-order chi connectivity index (χ1) is 15.2. The normalized spacial score (nSPS) is 10.5. The molecule has 0 aliphatic rings. The van der Waals surface area contributed by atoms with Gasteiger partial charge in [-0.1, -0.05) is 0 Å². The molecule has 0 saturated heterocycles. The number of aromatic nitrogens is 1. The largest absolute Gasteiger partial charge is 0.497 e. The molecule has 32 heavy (non-hydrogen) atoms. The smallest absolute Gasteiger partial charge is 0.260 e. The molecule has 0 bridgehead atoms. The Kier molecular flexibility index (Phi) is 6.13. The number of carbonyl (C=O) groups is 3. The van der Waals surface area contributed by atoms with Crippen molar-refractivity contribution < 1.29 is 19.1 Å². The van der Waals surface area contributed by atoms with Crippen molar-refractivity contribution >= 4 is 56.5 Å². The van der Waals surface area contributed by atoms with Crippen molar-refractivity contribution in [3.8, 4) is 22.9 Å². The summed E-state index contributed by atoms with van der Waals surface area (Å²) in [6, 6.07) is 6.78. The Hall–Kier alpha value is -4.37. The van der Waals surface area contributed by atoms with Crippen molar-refractivity contribution in [2.45, 2.75) is 12.8 Å². The van der Waals surface area contributed by atoms with Crippen LogP contribution in [0.1, 0.15) is 28.1 Å². The maximum Gasteiger partial charge on any atom is 0.260 e. The molecule has 2 heterocycles. The molecule has 164 valence electrons. The highest BCUT2D eigenvalue weighted by molar-refractivity contribution is 7.21. The van der Waals surface area contributed by atoms with Crippen LogP contribution in [0.15, 0.2) is 18.2 Å². The summed E-state index contributed by atoms with van der Waals surface area (Å²) in [5.74, 6) is -1.50. The minimum absolute atomic E-state index is 0.0100. The van der Waals surface area contributed by atoms with Crippen molar-refractivity contribution in [2.75, 3.05) is 23.9 Å². The van der Waals surface area contributed by atoms with Crippen LogP contribution < -0.4 is 33.0 Å². The van der Waals surface area contributed by atoms with Gasteiger partial charge in [0.05, 0.1) is 18.5 Å². The van der Waals surface area contributed by atoms with Crippen LogP contribution in [0.25, 0.3) is 21.3 Å². The van der Waals surface area contributed by atoms with Gasteiger partial charge in [-0.15, -0.1) is 11.3 Å². The van der Waals surface area contributed by atoms with E-state index < -0.39 is 17.7 Å². The van der Waals surface area contributed by atoms with Gasteiger partial charge < -0.3 is 33.0 Å². The third-order valence-electron chi connectivity index (χ3n) is 4.61. The van der Waals surface area contributed by atoms with Crippen LogP contribution in [0.5, 0.6) is 5.75 Å². The molecule has 0 unspecified atom stereocenters. The van der Waals surface area contributed by atoms with E-state index in [0.717, 1.165) is 11.3 Å². The number of primary amides is 2. The highest BCUT2D eigenvalue weighted by Gasteiger charge is 2.25. The van der Waals surface area contributed by atoms with Crippen LogP contribution in [0.3, 0.4) is 0 Å². The number of hydrogen-bond donors (Lipinski definition) is 5. The Balaban J connectivity index is 2.30. The van der Waals surface area contributed by atoms with Crippen LogP contribution in [0, 0.1) is 11.3 Å². The molecule has 0 spiro atoms. The fourth-order valence-corrected chi connectivity index (χ4v) is 4.12. The number of fused-ring (bicyclic) bond motifs is 1. The number of pyridine rings is 1. The Bertz CT molecular complexity index is 1310. The van der Waals surface area contributed by atoms with Gasteiger partial charge in [0.1, 0.15) is 32.9 Å². The Morgan fingerprint density at radius 3 is 2.53 bits per heavy atom. The second kappa shape index (κ2) is 8.78. The summed E-state index contributed by atoms with van der Waals surface area (Å²) in [4.78, 5) is 39.8. The number of nitriles is 1. The minimum Gasteiger partial charge on any atom is -0.497 e. The lowest BCUT2D eigenvalue weighted by atomic mass is 9.95. The third-order valence-corrected chi connectivity index (χ3v) is 5.72. The molecule has 0 saturated carbocycles. The van der Waals surface area contributed by atoms with Crippen LogP contribution >= 0.6 is 11.3 Å². The Morgan fingerprint density at radius 1 is 1.22 bits per heavy atom. The van der Waals surface area contributed by atoms with Crippen LogP contribution in [0.4, 0.5) is 17.2 Å². The number of thiophene rings is 1. The predicted molar refractivity (Wildman–Crippen MR) is 121 cm³/mol. The van der Waals surface area contributed by atoms with Gasteiger partial charge in [0.2, 0.25) is 11.8 Å². The first-order valence-electron chi connectivity index (χ1n) is 9.15. The number of carbonyl (C=O) groups excluding carboxylic acids is 3. The van der Waals surface area contributed by atoms with Gasteiger partial charge in [0.15, 0.2) is 0 Å². The predicted octanol–water partition coefficient (Wildman–Crippen LogP) is 1.31. The van der Waals surface area contributed by atoms with E-state index in [1.165, 1.54) is 7.11 Å². The van der Waals surface area contributed by atoms with Gasteiger partial charge in [-0.25, -0.2) is 4.98 Å². The number of amides is 3. The average molecular weight is 453 g/mol. The lowest BCUT2D eigenvalue weighted by Crippen LogP contribution is -2.17. The van der Waals surface area contributed by atoms with Gasteiger partial charge in [-0.3, -0.25) is 14.4 Å². The molecule has 0 atom stereocenters. The fourth-order valence-electron chi connectivity index (χ4n) is 3.16. The van der Waals surface area contributed by atoms with Crippen molar-refractivity contribution in [3.05, 3.63) is 28.6 Å². The third kappa shape index (κ3) is 4.09. The maximum atomic E-state index is 12.4. The number of anilines is 3. The number of ether oxygens (including phenoxy) is 1. The van der Waals surface area contributed by atoms with E-state index in [2.05, 4.69) is 10.3 Å². The maximum absolute atomic E-state index is 12.4. The topological polar surface area (TPSA) is 213 Å². The second-order valence-electron chi connectivity index (χ2n) is 6.67. The summed E-state index contributed by atoms with van der Waals surface area (Å²) in [5.41, 5.74) is 23.7. The molecular weight excluding hydrogens is 434 g/mol. The molecule has 1 aromatic carbocycles. The zero-order valence-corrected chi connectivity index (χ0v) is 17.7. The van der Waals surface area contributed by atoms with Crippen molar-refractivity contribution in [1.82, 2.24) is 4.98 Å². The Labute approximate surface area is 185 Å². The van der Waals surface area contributed by atoms with Gasteiger partial charge >= 0.3 is 0 Å². The van der Waals surface area contributed by atoms with Crippen LogP contribution in [0.2, 0.25) is 0 Å². The van der Waals surface area contributed by atoms with Crippen molar-refractivity contribution in [3.63, 3.8) is 0 Å². The van der Waals surface area contributed by atoms with Crippen molar-refractivity contribution in [1.29, 1.82) is 5.26 Å². The SMILES string of the molecule is COc1ccc(-c2c(C#N)c(N)nc3sc(C(N)=O)c(N)c23)c(NC(=O)CCC(N)=O)c1. The van der Waals surface area contributed by atoms with Gasteiger partial charge in [0.25, 0.3) is 5.91 Å². The molecule has 3 rings (SSSR count). The first-order valence-corrected chi connectivity index (χ1v) is 9.97. The summed E-state index contributed by atoms with van der Waals surface area (Å²) in [7, 11) is 1.45. The molecule has 11 nitrogen and oxygen atoms in total. The first kappa shape index (κ1) is 22.3. The number of nitrogens with zero attached hydrogens (tertiary/aromatic N) is 2. The minimum atomic E-state index is -0.747. The van der Waals surface area contributed by atoms with Crippen molar-refractivity contribution in [2.24, 2.45) is 11.5 Å². The number of rotatable bonds is 7. The second-order valence-corrected chi connectivity index (χ2v) is 7.67. The number of nitrogens with two attached hydrogens (primary N) is 4. The monoisotopic (exact) mass is 453 g/mol. The van der Waals surface area contributed by atoms with E-state index in [1.54, 1.807) is 18.2 Å². The van der Waals surface area contributed by atoms with Crippen LogP contribution in [-0.4, -0.2) is 29.8 Å². The molecule has 3 aromatic rings. The van der Waals surface area contributed by atoms with Gasteiger partial charge in [-0.05, 0) is 12.1 Å². The lowest BCUT2D eigenvalue weighted by Gasteiger charge is -2.16. The molecular formula is C20H19N7O4S. The zero-order valence-electron chi connectivity index (χ0n) is 16.9. The standard InChI is InChI=1S/C20H19N7O4S/c1-31-8-2-3-9(11(6-8)26-13(29)5-4-12(22)28)14-10(7-21)18(24)27-20-15(14)16(23)17(32-20)19(25)30/h2-3,6H,4-5,23H2,1H3,(H2,22,28)(H2,24,27)(H2,25,30)(H,26,29). The van der Waals surface area contributed by atoms with Gasteiger partial charge in [-0.2, -0.15) is 5.26 Å². The van der Waals surface area contributed by atoms with E-state index in [9.17, 15) is 19.6 Å². The summed E-state index contributed by atoms with van der Waals surface area (Å²) in [6.07, 6.45) is -0.280. The molecule has 9 N–H and O–H groups in total. The van der Waals surface area contributed by atoms with Crippen LogP contribution in [-0.2, 0) is 9.59 Å². The summed E-state index contributed by atoms with van der Waals surface area (Å²) in [5, 5.41) is 12.8. The molecule has 2 aromatic heterocycles. The van der Waals surface area contributed by atoms with E-state index >= 15 is 0 Å². The highest BCUT2D eigenvalue weighted by Crippen LogP contribution is 2.45.